The van der Waals surface area contributed by atoms with Crippen LogP contribution in [0.3, 0.4) is 0 Å². The number of azide groups is 1. The zero-order chi connectivity index (χ0) is 13.5. The van der Waals surface area contributed by atoms with Crippen molar-refractivity contribution in [3.63, 3.8) is 0 Å². The maximum absolute atomic E-state index is 9.86. The SMILES string of the molecule is COc1ncc(C(O)C(O)CCN=[N+]=[N-])cc1N. The molecule has 2 atom stereocenters. The lowest BCUT2D eigenvalue weighted by molar-refractivity contribution is 0.0148. The molecule has 2 unspecified atom stereocenters. The second-order valence-corrected chi connectivity index (χ2v) is 3.62. The summed E-state index contributed by atoms with van der Waals surface area (Å²) >= 11 is 0. The highest BCUT2D eigenvalue weighted by Gasteiger charge is 2.19. The number of methoxy groups -OCH3 is 1. The third kappa shape index (κ3) is 3.49. The maximum atomic E-state index is 9.86. The summed E-state index contributed by atoms with van der Waals surface area (Å²) in [7, 11) is 1.43. The maximum Gasteiger partial charge on any atom is 0.236 e. The summed E-state index contributed by atoms with van der Waals surface area (Å²) in [5.74, 6) is 0.259. The first-order chi connectivity index (χ1) is 8.60. The molecular formula is C10H15N5O3. The molecule has 0 saturated heterocycles. The summed E-state index contributed by atoms with van der Waals surface area (Å²) in [6, 6.07) is 1.48. The van der Waals surface area contributed by atoms with E-state index in [1.165, 1.54) is 19.4 Å². The van der Waals surface area contributed by atoms with Crippen LogP contribution in [-0.2, 0) is 0 Å². The van der Waals surface area contributed by atoms with Gasteiger partial charge in [-0.3, -0.25) is 0 Å². The Kier molecular flexibility index (Phi) is 5.19. The highest BCUT2D eigenvalue weighted by molar-refractivity contribution is 5.49. The molecule has 0 amide bonds. The number of anilines is 1. The summed E-state index contributed by atoms with van der Waals surface area (Å²) in [4.78, 5) is 6.46. The molecule has 0 fully saturated rings. The minimum atomic E-state index is -1.14. The van der Waals surface area contributed by atoms with Crippen LogP contribution in [0.5, 0.6) is 5.88 Å². The Bertz CT molecular complexity index is 447. The lowest BCUT2D eigenvalue weighted by Gasteiger charge is -2.17. The zero-order valence-electron chi connectivity index (χ0n) is 9.89. The monoisotopic (exact) mass is 253 g/mol. The fourth-order valence-electron chi connectivity index (χ4n) is 1.43. The molecule has 0 bridgehead atoms. The largest absolute Gasteiger partial charge is 0.480 e. The second-order valence-electron chi connectivity index (χ2n) is 3.62. The summed E-state index contributed by atoms with van der Waals surface area (Å²) in [5.41, 5.74) is 14.4. The number of rotatable bonds is 6. The summed E-state index contributed by atoms with van der Waals surface area (Å²) < 4.78 is 4.88. The van der Waals surface area contributed by atoms with Gasteiger partial charge in [0.2, 0.25) is 5.88 Å². The smallest absolute Gasteiger partial charge is 0.236 e. The molecule has 1 rings (SSSR count). The van der Waals surface area contributed by atoms with E-state index in [0.29, 0.717) is 5.56 Å². The minimum Gasteiger partial charge on any atom is -0.480 e. The first-order valence-electron chi connectivity index (χ1n) is 5.26. The molecule has 0 spiro atoms. The van der Waals surface area contributed by atoms with Gasteiger partial charge in [0.1, 0.15) is 6.10 Å². The molecule has 0 aliphatic carbocycles. The van der Waals surface area contributed by atoms with Crippen molar-refractivity contribution in [3.05, 3.63) is 28.3 Å². The number of nitrogens with zero attached hydrogens (tertiary/aromatic N) is 4. The van der Waals surface area contributed by atoms with Gasteiger partial charge >= 0.3 is 0 Å². The van der Waals surface area contributed by atoms with Crippen LogP contribution >= 0.6 is 0 Å². The number of nitrogens with two attached hydrogens (primary N) is 1. The van der Waals surface area contributed by atoms with Crippen molar-refractivity contribution >= 4 is 5.69 Å². The molecule has 1 heterocycles. The summed E-state index contributed by atoms with van der Waals surface area (Å²) in [6.45, 7) is 0.105. The van der Waals surface area contributed by atoms with Crippen LogP contribution in [0.1, 0.15) is 18.1 Å². The van der Waals surface area contributed by atoms with Crippen LogP contribution in [0, 0.1) is 0 Å². The van der Waals surface area contributed by atoms with Gasteiger partial charge in [-0.2, -0.15) is 0 Å². The Morgan fingerprint density at radius 1 is 1.61 bits per heavy atom. The third-order valence-electron chi connectivity index (χ3n) is 2.39. The van der Waals surface area contributed by atoms with Gasteiger partial charge < -0.3 is 20.7 Å². The average Bonchev–Trinajstić information content (AvgIpc) is 2.38. The number of hydrogen-bond donors (Lipinski definition) is 3. The van der Waals surface area contributed by atoms with Crippen molar-refractivity contribution in [2.24, 2.45) is 5.11 Å². The predicted octanol–water partition coefficient (Wildman–Crippen LogP) is 0.767. The van der Waals surface area contributed by atoms with E-state index in [2.05, 4.69) is 15.0 Å². The molecule has 0 aliphatic rings. The number of aliphatic hydroxyl groups is 2. The Morgan fingerprint density at radius 2 is 2.33 bits per heavy atom. The highest BCUT2D eigenvalue weighted by atomic mass is 16.5. The van der Waals surface area contributed by atoms with Crippen LogP contribution in [0.15, 0.2) is 17.4 Å². The van der Waals surface area contributed by atoms with E-state index < -0.39 is 12.2 Å². The Balaban J connectivity index is 2.73. The van der Waals surface area contributed by atoms with Crippen molar-refractivity contribution in [2.75, 3.05) is 19.4 Å². The number of nitrogen functional groups attached to an aromatic ring is 1. The van der Waals surface area contributed by atoms with Gasteiger partial charge in [-0.1, -0.05) is 5.11 Å². The van der Waals surface area contributed by atoms with Gasteiger partial charge in [-0.05, 0) is 18.0 Å². The normalized spacial score (nSPS) is 13.5. The molecule has 0 aromatic carbocycles. The van der Waals surface area contributed by atoms with Crippen molar-refractivity contribution in [1.29, 1.82) is 0 Å². The van der Waals surface area contributed by atoms with Gasteiger partial charge in [0.05, 0.1) is 18.9 Å². The Morgan fingerprint density at radius 3 is 2.89 bits per heavy atom. The molecule has 0 aliphatic heterocycles. The number of ether oxygens (including phenoxy) is 1. The second kappa shape index (κ2) is 6.65. The molecule has 4 N–H and O–H groups in total. The van der Waals surface area contributed by atoms with Gasteiger partial charge in [-0.25, -0.2) is 4.98 Å². The number of aromatic nitrogens is 1. The first-order valence-corrected chi connectivity index (χ1v) is 5.26. The number of aliphatic hydroxyl groups excluding tert-OH is 2. The van der Waals surface area contributed by atoms with E-state index in [1.807, 2.05) is 0 Å². The number of hydrogen-bond acceptors (Lipinski definition) is 6. The lowest BCUT2D eigenvalue weighted by atomic mass is 10.0. The van der Waals surface area contributed by atoms with Crippen LogP contribution in [0.2, 0.25) is 0 Å². The molecule has 8 nitrogen and oxygen atoms in total. The fraction of sp³-hybridized carbons (Fsp3) is 0.500. The van der Waals surface area contributed by atoms with Crippen LogP contribution in [0.4, 0.5) is 5.69 Å². The Hall–Kier alpha value is -2.02. The minimum absolute atomic E-state index is 0.105. The van der Waals surface area contributed by atoms with Gasteiger partial charge in [0.15, 0.2) is 0 Å². The van der Waals surface area contributed by atoms with Crippen LogP contribution in [-0.4, -0.2) is 35.0 Å². The fourth-order valence-corrected chi connectivity index (χ4v) is 1.43. The molecular weight excluding hydrogens is 238 g/mol. The molecule has 18 heavy (non-hydrogen) atoms. The lowest BCUT2D eigenvalue weighted by Crippen LogP contribution is -2.19. The topological polar surface area (TPSA) is 137 Å². The van der Waals surface area contributed by atoms with Crippen LogP contribution < -0.4 is 10.5 Å². The van der Waals surface area contributed by atoms with E-state index >= 15 is 0 Å². The molecule has 1 aromatic heterocycles. The molecule has 98 valence electrons. The van der Waals surface area contributed by atoms with Gasteiger partial charge in [-0.15, -0.1) is 0 Å². The first kappa shape index (κ1) is 14.0. The van der Waals surface area contributed by atoms with Gasteiger partial charge in [0.25, 0.3) is 0 Å². The van der Waals surface area contributed by atoms with Crippen molar-refractivity contribution in [2.45, 2.75) is 18.6 Å². The highest BCUT2D eigenvalue weighted by Crippen LogP contribution is 2.24. The predicted molar refractivity (Wildman–Crippen MR) is 64.8 cm³/mol. The quantitative estimate of drug-likeness (QED) is 0.390. The van der Waals surface area contributed by atoms with Gasteiger partial charge in [0, 0.05) is 23.2 Å². The van der Waals surface area contributed by atoms with E-state index in [1.54, 1.807) is 0 Å². The molecule has 8 heteroatoms. The van der Waals surface area contributed by atoms with Crippen molar-refractivity contribution in [3.8, 4) is 5.88 Å². The van der Waals surface area contributed by atoms with Crippen LogP contribution in [0.25, 0.3) is 10.4 Å². The van der Waals surface area contributed by atoms with Crippen molar-refractivity contribution in [1.82, 2.24) is 4.98 Å². The standard InChI is InChI=1S/C10H15N5O3/c1-18-10-7(11)4-6(5-13-10)9(17)8(16)2-3-14-15-12/h4-5,8-9,16-17H,2-3,11H2,1H3. The Labute approximate surface area is 104 Å². The van der Waals surface area contributed by atoms with E-state index in [9.17, 15) is 10.2 Å². The zero-order valence-corrected chi connectivity index (χ0v) is 9.89. The summed E-state index contributed by atoms with van der Waals surface area (Å²) in [5, 5.41) is 22.8. The average molecular weight is 253 g/mol. The molecule has 1 aromatic rings. The van der Waals surface area contributed by atoms with E-state index in [-0.39, 0.29) is 24.5 Å². The van der Waals surface area contributed by atoms with E-state index in [4.69, 9.17) is 16.0 Å². The third-order valence-corrected chi connectivity index (χ3v) is 2.39. The molecule has 0 radical (unpaired) electrons. The number of pyridine rings is 1. The van der Waals surface area contributed by atoms with E-state index in [0.717, 1.165) is 0 Å². The van der Waals surface area contributed by atoms with Crippen molar-refractivity contribution < 1.29 is 14.9 Å². The summed E-state index contributed by atoms with van der Waals surface area (Å²) in [6.07, 6.45) is -0.668. The molecule has 0 saturated carbocycles.